The zero-order chi connectivity index (χ0) is 17.3. The number of nitrogens with zero attached hydrogens (tertiary/aromatic N) is 1. The predicted molar refractivity (Wildman–Crippen MR) is 80.8 cm³/mol. The summed E-state index contributed by atoms with van der Waals surface area (Å²) in [4.78, 5) is 13.9. The van der Waals surface area contributed by atoms with Crippen LogP contribution in [0, 0.1) is 5.92 Å². The molecular weight excluding hydrogens is 309 g/mol. The summed E-state index contributed by atoms with van der Waals surface area (Å²) in [5.41, 5.74) is 5.24. The van der Waals surface area contributed by atoms with Gasteiger partial charge in [-0.2, -0.15) is 13.2 Å². The van der Waals surface area contributed by atoms with E-state index in [1.54, 1.807) is 29.2 Å². The molecule has 0 saturated carbocycles. The Morgan fingerprint density at radius 3 is 2.30 bits per heavy atom. The number of hydrogen-bond acceptors (Lipinski definition) is 3. The molecule has 3 N–H and O–H groups in total. The third-order valence-electron chi connectivity index (χ3n) is 4.38. The van der Waals surface area contributed by atoms with Crippen molar-refractivity contribution in [3.63, 3.8) is 0 Å². The second-order valence-corrected chi connectivity index (χ2v) is 6.29. The first-order valence-corrected chi connectivity index (χ1v) is 7.55. The number of benzene rings is 1. The van der Waals surface area contributed by atoms with Crippen LogP contribution in [-0.4, -0.2) is 40.8 Å². The van der Waals surface area contributed by atoms with Gasteiger partial charge in [-0.15, -0.1) is 0 Å². The molecule has 7 heteroatoms. The SMILES string of the molecule is CC(CC1(O)CCN(C(=O)c2ccc(N)cc2)CC1)C(F)(F)F. The minimum atomic E-state index is -4.31. The number of aliphatic hydroxyl groups is 1. The van der Waals surface area contributed by atoms with Gasteiger partial charge in [-0.05, 0) is 43.5 Å². The van der Waals surface area contributed by atoms with Crippen LogP contribution in [0.4, 0.5) is 18.9 Å². The second-order valence-electron chi connectivity index (χ2n) is 6.29. The molecule has 0 aromatic heterocycles. The topological polar surface area (TPSA) is 66.6 Å². The van der Waals surface area contributed by atoms with Gasteiger partial charge in [-0.25, -0.2) is 0 Å². The molecule has 128 valence electrons. The maximum Gasteiger partial charge on any atom is 0.391 e. The molecule has 1 atom stereocenters. The fourth-order valence-corrected chi connectivity index (χ4v) is 2.82. The van der Waals surface area contributed by atoms with E-state index in [9.17, 15) is 23.1 Å². The quantitative estimate of drug-likeness (QED) is 0.838. The second kappa shape index (κ2) is 6.39. The third-order valence-corrected chi connectivity index (χ3v) is 4.38. The highest BCUT2D eigenvalue weighted by molar-refractivity contribution is 5.94. The van der Waals surface area contributed by atoms with E-state index in [0.29, 0.717) is 11.3 Å². The Balaban J connectivity index is 1.95. The van der Waals surface area contributed by atoms with Gasteiger partial charge in [0.1, 0.15) is 0 Å². The number of piperidine rings is 1. The van der Waals surface area contributed by atoms with Gasteiger partial charge in [0.05, 0.1) is 11.5 Å². The summed E-state index contributed by atoms with van der Waals surface area (Å²) in [5.74, 6) is -1.76. The summed E-state index contributed by atoms with van der Waals surface area (Å²) in [7, 11) is 0. The van der Waals surface area contributed by atoms with Gasteiger partial charge >= 0.3 is 6.18 Å². The van der Waals surface area contributed by atoms with Crippen LogP contribution in [0.15, 0.2) is 24.3 Å². The maximum atomic E-state index is 12.6. The Bertz CT molecular complexity index is 549. The van der Waals surface area contributed by atoms with Crippen molar-refractivity contribution in [2.75, 3.05) is 18.8 Å². The minimum absolute atomic E-state index is 0.147. The molecule has 4 nitrogen and oxygen atoms in total. The van der Waals surface area contributed by atoms with Gasteiger partial charge in [0.15, 0.2) is 0 Å². The van der Waals surface area contributed by atoms with Gasteiger partial charge in [-0.1, -0.05) is 6.92 Å². The average Bonchev–Trinajstić information content (AvgIpc) is 2.47. The van der Waals surface area contributed by atoms with Crippen molar-refractivity contribution in [2.45, 2.75) is 38.0 Å². The molecule has 1 aliphatic heterocycles. The van der Waals surface area contributed by atoms with Crippen molar-refractivity contribution >= 4 is 11.6 Å². The lowest BCUT2D eigenvalue weighted by Gasteiger charge is -2.39. The van der Waals surface area contributed by atoms with Crippen LogP contribution >= 0.6 is 0 Å². The Morgan fingerprint density at radius 2 is 1.83 bits per heavy atom. The van der Waals surface area contributed by atoms with Crippen LogP contribution in [0.3, 0.4) is 0 Å². The summed E-state index contributed by atoms with van der Waals surface area (Å²) >= 11 is 0. The molecule has 1 saturated heterocycles. The zero-order valence-electron chi connectivity index (χ0n) is 12.9. The van der Waals surface area contributed by atoms with Crippen molar-refractivity contribution in [3.8, 4) is 0 Å². The number of hydrogen-bond donors (Lipinski definition) is 2. The molecule has 0 bridgehead atoms. The first-order chi connectivity index (χ1) is 10.6. The van der Waals surface area contributed by atoms with Crippen LogP contribution in [0.2, 0.25) is 0 Å². The van der Waals surface area contributed by atoms with Crippen molar-refractivity contribution in [1.82, 2.24) is 4.90 Å². The van der Waals surface area contributed by atoms with Crippen molar-refractivity contribution in [2.24, 2.45) is 5.92 Å². The summed E-state index contributed by atoms with van der Waals surface area (Å²) in [6.07, 6.45) is -4.35. The summed E-state index contributed by atoms with van der Waals surface area (Å²) in [6, 6.07) is 6.48. The first kappa shape index (κ1) is 17.6. The lowest BCUT2D eigenvalue weighted by atomic mass is 9.83. The number of halogens is 3. The number of carbonyl (C=O) groups excluding carboxylic acids is 1. The standard InChI is InChI=1S/C16H21F3N2O2/c1-11(16(17,18)19)10-15(23)6-8-21(9-7-15)14(22)12-2-4-13(20)5-3-12/h2-5,11,23H,6-10,20H2,1H3. The normalized spacial score (nSPS) is 19.4. The smallest absolute Gasteiger partial charge is 0.391 e. The van der Waals surface area contributed by atoms with Crippen LogP contribution in [0.5, 0.6) is 0 Å². The molecule has 1 heterocycles. The molecule has 2 rings (SSSR count). The minimum Gasteiger partial charge on any atom is -0.399 e. The molecule has 1 aliphatic rings. The van der Waals surface area contributed by atoms with E-state index in [4.69, 9.17) is 5.73 Å². The largest absolute Gasteiger partial charge is 0.399 e. The third kappa shape index (κ3) is 4.37. The van der Waals surface area contributed by atoms with E-state index < -0.39 is 17.7 Å². The number of nitrogen functional groups attached to an aromatic ring is 1. The first-order valence-electron chi connectivity index (χ1n) is 7.55. The van der Waals surface area contributed by atoms with E-state index >= 15 is 0 Å². The summed E-state index contributed by atoms with van der Waals surface area (Å²) in [5, 5.41) is 10.4. The van der Waals surface area contributed by atoms with E-state index in [2.05, 4.69) is 0 Å². The van der Waals surface area contributed by atoms with E-state index in [-0.39, 0.29) is 38.3 Å². The van der Waals surface area contributed by atoms with Crippen molar-refractivity contribution in [1.29, 1.82) is 0 Å². The van der Waals surface area contributed by atoms with Gasteiger partial charge in [-0.3, -0.25) is 4.79 Å². The number of likely N-dealkylation sites (tertiary alicyclic amines) is 1. The summed E-state index contributed by atoms with van der Waals surface area (Å²) < 4.78 is 37.9. The number of carbonyl (C=O) groups is 1. The average molecular weight is 330 g/mol. The van der Waals surface area contributed by atoms with E-state index in [1.165, 1.54) is 0 Å². The number of amides is 1. The Labute approximate surface area is 133 Å². The lowest BCUT2D eigenvalue weighted by Crippen LogP contribution is -2.48. The number of alkyl halides is 3. The van der Waals surface area contributed by atoms with Gasteiger partial charge in [0.25, 0.3) is 5.91 Å². The molecular formula is C16H21F3N2O2. The molecule has 0 aliphatic carbocycles. The Hall–Kier alpha value is -1.76. The fraction of sp³-hybridized carbons (Fsp3) is 0.562. The summed E-state index contributed by atoms with van der Waals surface area (Å²) in [6.45, 7) is 1.55. The van der Waals surface area contributed by atoms with Crippen LogP contribution in [0.1, 0.15) is 36.5 Å². The van der Waals surface area contributed by atoms with Gasteiger partial charge in [0.2, 0.25) is 0 Å². The molecule has 1 aromatic rings. The molecule has 23 heavy (non-hydrogen) atoms. The van der Waals surface area contributed by atoms with Crippen molar-refractivity contribution in [3.05, 3.63) is 29.8 Å². The highest BCUT2D eigenvalue weighted by Crippen LogP contribution is 2.36. The Kier molecular flexibility index (Phi) is 4.89. The Morgan fingerprint density at radius 1 is 1.30 bits per heavy atom. The van der Waals surface area contributed by atoms with Gasteiger partial charge in [0, 0.05) is 24.3 Å². The number of rotatable bonds is 3. The van der Waals surface area contributed by atoms with Crippen molar-refractivity contribution < 1.29 is 23.1 Å². The highest BCUT2D eigenvalue weighted by Gasteiger charge is 2.43. The number of nitrogens with two attached hydrogens (primary N) is 1. The number of anilines is 1. The predicted octanol–water partition coefficient (Wildman–Crippen LogP) is 2.82. The van der Waals surface area contributed by atoms with Crippen LogP contribution < -0.4 is 5.73 Å². The highest BCUT2D eigenvalue weighted by atomic mass is 19.4. The maximum absolute atomic E-state index is 12.6. The monoisotopic (exact) mass is 330 g/mol. The lowest BCUT2D eigenvalue weighted by molar-refractivity contribution is -0.187. The van der Waals surface area contributed by atoms with Crippen LogP contribution in [-0.2, 0) is 0 Å². The molecule has 1 fully saturated rings. The van der Waals surface area contributed by atoms with Crippen LogP contribution in [0.25, 0.3) is 0 Å². The van der Waals surface area contributed by atoms with Gasteiger partial charge < -0.3 is 15.7 Å². The van der Waals surface area contributed by atoms with E-state index in [1.807, 2.05) is 0 Å². The molecule has 0 radical (unpaired) electrons. The molecule has 0 spiro atoms. The molecule has 1 amide bonds. The van der Waals surface area contributed by atoms with E-state index in [0.717, 1.165) is 6.92 Å². The molecule has 1 aromatic carbocycles. The fourth-order valence-electron chi connectivity index (χ4n) is 2.82. The zero-order valence-corrected chi connectivity index (χ0v) is 12.9. The molecule has 1 unspecified atom stereocenters.